The van der Waals surface area contributed by atoms with E-state index in [1.54, 1.807) is 0 Å². The highest BCUT2D eigenvalue weighted by Gasteiger charge is 2.27. The van der Waals surface area contributed by atoms with Gasteiger partial charge in [-0.3, -0.25) is 4.79 Å². The minimum Gasteiger partial charge on any atom is -0.350 e. The SMILES string of the molecule is CN(C)[C@H]1CCN(C(=O)c2ccc(Cc3cn(C)c4ccccc34)cc2)C1. The predicted octanol–water partition coefficient (Wildman–Crippen LogP) is 3.55. The Morgan fingerprint density at radius 3 is 2.56 bits per heavy atom. The Bertz CT molecular complexity index is 955. The molecule has 140 valence electrons. The number of para-hydroxylation sites is 1. The fraction of sp³-hybridized carbons (Fsp3) is 0.348. The number of fused-ring (bicyclic) bond motifs is 1. The van der Waals surface area contributed by atoms with Gasteiger partial charge >= 0.3 is 0 Å². The van der Waals surface area contributed by atoms with Gasteiger partial charge in [0, 0.05) is 48.8 Å². The number of amides is 1. The zero-order valence-electron chi connectivity index (χ0n) is 16.4. The maximum Gasteiger partial charge on any atom is 0.253 e. The summed E-state index contributed by atoms with van der Waals surface area (Å²) in [6.07, 6.45) is 4.13. The van der Waals surface area contributed by atoms with Gasteiger partial charge in [-0.15, -0.1) is 0 Å². The van der Waals surface area contributed by atoms with Crippen LogP contribution in [-0.2, 0) is 13.5 Å². The van der Waals surface area contributed by atoms with Crippen LogP contribution in [-0.4, -0.2) is 53.5 Å². The maximum absolute atomic E-state index is 12.8. The van der Waals surface area contributed by atoms with Gasteiger partial charge in [0.05, 0.1) is 0 Å². The molecule has 1 fully saturated rings. The molecule has 0 saturated carbocycles. The van der Waals surface area contributed by atoms with Gasteiger partial charge in [0.25, 0.3) is 5.91 Å². The van der Waals surface area contributed by atoms with Crippen LogP contribution >= 0.6 is 0 Å². The maximum atomic E-state index is 12.8. The van der Waals surface area contributed by atoms with Crippen molar-refractivity contribution in [1.29, 1.82) is 0 Å². The highest BCUT2D eigenvalue weighted by atomic mass is 16.2. The number of aryl methyl sites for hydroxylation is 1. The first kappa shape index (κ1) is 17.8. The topological polar surface area (TPSA) is 28.5 Å². The number of likely N-dealkylation sites (N-methyl/N-ethyl adjacent to an activating group) is 1. The second-order valence-corrected chi connectivity index (χ2v) is 7.81. The molecule has 3 aromatic rings. The third-order valence-electron chi connectivity index (χ3n) is 5.76. The van der Waals surface area contributed by atoms with Gasteiger partial charge in [0.15, 0.2) is 0 Å². The van der Waals surface area contributed by atoms with Gasteiger partial charge in [-0.25, -0.2) is 0 Å². The van der Waals surface area contributed by atoms with Crippen LogP contribution in [0, 0.1) is 0 Å². The number of hydrogen-bond acceptors (Lipinski definition) is 2. The normalized spacial score (nSPS) is 17.2. The second-order valence-electron chi connectivity index (χ2n) is 7.81. The zero-order chi connectivity index (χ0) is 19.0. The summed E-state index contributed by atoms with van der Waals surface area (Å²) in [6.45, 7) is 1.67. The Morgan fingerprint density at radius 1 is 1.11 bits per heavy atom. The molecule has 1 aliphatic heterocycles. The van der Waals surface area contributed by atoms with Gasteiger partial charge in [-0.1, -0.05) is 30.3 Å². The first-order valence-electron chi connectivity index (χ1n) is 9.60. The van der Waals surface area contributed by atoms with Gasteiger partial charge in [-0.05, 0) is 56.3 Å². The van der Waals surface area contributed by atoms with E-state index in [4.69, 9.17) is 0 Å². The molecule has 0 N–H and O–H groups in total. The molecule has 2 aromatic carbocycles. The molecule has 1 aliphatic rings. The minimum absolute atomic E-state index is 0.149. The molecule has 1 amide bonds. The lowest BCUT2D eigenvalue weighted by atomic mass is 10.0. The Kier molecular flexibility index (Phi) is 4.75. The molecule has 0 spiro atoms. The average molecular weight is 361 g/mol. The van der Waals surface area contributed by atoms with Crippen LogP contribution in [0.4, 0.5) is 0 Å². The van der Waals surface area contributed by atoms with Crippen molar-refractivity contribution < 1.29 is 4.79 Å². The van der Waals surface area contributed by atoms with E-state index < -0.39 is 0 Å². The molecule has 4 heteroatoms. The largest absolute Gasteiger partial charge is 0.350 e. The van der Waals surface area contributed by atoms with E-state index in [1.807, 2.05) is 17.0 Å². The molecular weight excluding hydrogens is 334 g/mol. The number of likely N-dealkylation sites (tertiary alicyclic amines) is 1. The summed E-state index contributed by atoms with van der Waals surface area (Å²) in [5.74, 6) is 0.149. The van der Waals surface area contributed by atoms with Crippen molar-refractivity contribution in [3.05, 3.63) is 71.4 Å². The molecule has 1 aromatic heterocycles. The minimum atomic E-state index is 0.149. The van der Waals surface area contributed by atoms with Gasteiger partial charge < -0.3 is 14.4 Å². The Balaban J connectivity index is 1.48. The summed E-state index contributed by atoms with van der Waals surface area (Å²) in [6, 6.07) is 17.1. The lowest BCUT2D eigenvalue weighted by Gasteiger charge is -2.20. The lowest BCUT2D eigenvalue weighted by molar-refractivity contribution is 0.0783. The quantitative estimate of drug-likeness (QED) is 0.711. The van der Waals surface area contributed by atoms with Crippen LogP contribution in [0.5, 0.6) is 0 Å². The lowest BCUT2D eigenvalue weighted by Crippen LogP contribution is -2.34. The van der Waals surface area contributed by atoms with Crippen molar-refractivity contribution in [1.82, 2.24) is 14.4 Å². The van der Waals surface area contributed by atoms with Gasteiger partial charge in [-0.2, -0.15) is 0 Å². The summed E-state index contributed by atoms with van der Waals surface area (Å²) in [5, 5.41) is 1.30. The van der Waals surface area contributed by atoms with E-state index in [1.165, 1.54) is 22.0 Å². The van der Waals surface area contributed by atoms with Crippen molar-refractivity contribution in [2.24, 2.45) is 7.05 Å². The number of carbonyl (C=O) groups excluding carboxylic acids is 1. The molecule has 4 nitrogen and oxygen atoms in total. The van der Waals surface area contributed by atoms with Crippen LogP contribution in [0.1, 0.15) is 27.9 Å². The molecule has 1 saturated heterocycles. The summed E-state index contributed by atoms with van der Waals surface area (Å²) in [7, 11) is 6.26. The van der Waals surface area contributed by atoms with E-state index in [9.17, 15) is 4.79 Å². The highest BCUT2D eigenvalue weighted by Crippen LogP contribution is 2.23. The Morgan fingerprint density at radius 2 is 1.85 bits per heavy atom. The van der Waals surface area contributed by atoms with E-state index in [0.29, 0.717) is 6.04 Å². The van der Waals surface area contributed by atoms with Crippen molar-refractivity contribution in [3.8, 4) is 0 Å². The van der Waals surface area contributed by atoms with Crippen LogP contribution < -0.4 is 0 Å². The standard InChI is InChI=1S/C23H27N3O/c1-24(2)20-12-13-26(16-20)23(27)18-10-8-17(9-11-18)14-19-15-25(3)22-7-5-4-6-21(19)22/h4-11,15,20H,12-14,16H2,1-3H3/t20-/m0/s1. The predicted molar refractivity (Wildman–Crippen MR) is 110 cm³/mol. The van der Waals surface area contributed by atoms with E-state index in [0.717, 1.165) is 31.5 Å². The molecule has 1 atom stereocenters. The second kappa shape index (κ2) is 7.20. The smallest absolute Gasteiger partial charge is 0.253 e. The molecule has 0 unspecified atom stereocenters. The first-order chi connectivity index (χ1) is 13.0. The highest BCUT2D eigenvalue weighted by molar-refractivity contribution is 5.94. The van der Waals surface area contributed by atoms with Crippen molar-refractivity contribution in [2.45, 2.75) is 18.9 Å². The third kappa shape index (κ3) is 3.50. The van der Waals surface area contributed by atoms with E-state index in [2.05, 4.69) is 73.2 Å². The summed E-state index contributed by atoms with van der Waals surface area (Å²) < 4.78 is 2.18. The summed E-state index contributed by atoms with van der Waals surface area (Å²) >= 11 is 0. The number of hydrogen-bond donors (Lipinski definition) is 0. The third-order valence-corrected chi connectivity index (χ3v) is 5.76. The fourth-order valence-electron chi connectivity index (χ4n) is 4.08. The van der Waals surface area contributed by atoms with Crippen molar-refractivity contribution in [2.75, 3.05) is 27.2 Å². The molecule has 0 bridgehead atoms. The molecular formula is C23H27N3O. The molecule has 2 heterocycles. The molecule has 4 rings (SSSR count). The van der Waals surface area contributed by atoms with Crippen molar-refractivity contribution in [3.63, 3.8) is 0 Å². The monoisotopic (exact) mass is 361 g/mol. The van der Waals surface area contributed by atoms with Crippen LogP contribution in [0.15, 0.2) is 54.7 Å². The van der Waals surface area contributed by atoms with E-state index >= 15 is 0 Å². The number of aromatic nitrogens is 1. The number of rotatable bonds is 4. The fourth-order valence-corrected chi connectivity index (χ4v) is 4.08. The van der Waals surface area contributed by atoms with Gasteiger partial charge in [0.2, 0.25) is 0 Å². The van der Waals surface area contributed by atoms with Crippen LogP contribution in [0.3, 0.4) is 0 Å². The molecule has 0 aliphatic carbocycles. The van der Waals surface area contributed by atoms with Gasteiger partial charge in [0.1, 0.15) is 0 Å². The molecule has 0 radical (unpaired) electrons. The van der Waals surface area contributed by atoms with Crippen LogP contribution in [0.2, 0.25) is 0 Å². The van der Waals surface area contributed by atoms with E-state index in [-0.39, 0.29) is 5.91 Å². The Labute approximate surface area is 161 Å². The van der Waals surface area contributed by atoms with Crippen molar-refractivity contribution >= 4 is 16.8 Å². The summed E-state index contributed by atoms with van der Waals surface area (Å²) in [5.41, 5.74) is 4.59. The number of nitrogens with zero attached hydrogens (tertiary/aromatic N) is 3. The first-order valence-corrected chi connectivity index (χ1v) is 9.60. The Hall–Kier alpha value is -2.59. The summed E-state index contributed by atoms with van der Waals surface area (Å²) in [4.78, 5) is 17.0. The number of carbonyl (C=O) groups is 1. The average Bonchev–Trinajstić information content (AvgIpc) is 3.28. The number of benzene rings is 2. The zero-order valence-corrected chi connectivity index (χ0v) is 16.4. The van der Waals surface area contributed by atoms with Crippen LogP contribution in [0.25, 0.3) is 10.9 Å². The molecule has 27 heavy (non-hydrogen) atoms.